The first-order valence-electron chi connectivity index (χ1n) is 7.67. The molecule has 0 aliphatic carbocycles. The van der Waals surface area contributed by atoms with E-state index in [-0.39, 0.29) is 22.9 Å². The van der Waals surface area contributed by atoms with E-state index in [1.807, 2.05) is 0 Å². The van der Waals surface area contributed by atoms with Gasteiger partial charge < -0.3 is 31.7 Å². The Balaban J connectivity index is 2.07. The van der Waals surface area contributed by atoms with E-state index in [0.717, 1.165) is 0 Å². The minimum atomic E-state index is -0.752. The third-order valence-electron chi connectivity index (χ3n) is 3.36. The number of phenols is 3. The third-order valence-corrected chi connectivity index (χ3v) is 3.36. The zero-order valence-electron chi connectivity index (χ0n) is 13.9. The van der Waals surface area contributed by atoms with Crippen molar-refractivity contribution in [2.45, 2.75) is 13.0 Å². The van der Waals surface area contributed by atoms with E-state index in [1.165, 1.54) is 55.5 Å². The van der Waals surface area contributed by atoms with Crippen molar-refractivity contribution >= 4 is 29.3 Å². The van der Waals surface area contributed by atoms with Crippen molar-refractivity contribution in [1.29, 1.82) is 0 Å². The van der Waals surface area contributed by atoms with Crippen molar-refractivity contribution in [3.63, 3.8) is 0 Å². The van der Waals surface area contributed by atoms with E-state index < -0.39 is 17.9 Å². The highest BCUT2D eigenvalue weighted by molar-refractivity contribution is 6.03. The van der Waals surface area contributed by atoms with Gasteiger partial charge in [0.05, 0.1) is 11.7 Å². The standard InChI is InChI=1S/C18H19N3O5/c1-10(19)18(26)21-13-9-12(4-6-14(13)22)20-17(25)7-3-11-2-5-15(23)16(24)8-11/h2-10,22-24H,19H2,1H3,(H,20,25)(H,21,26)/t10-/m0/s1. The maximum absolute atomic E-state index is 12.0. The zero-order valence-corrected chi connectivity index (χ0v) is 13.9. The van der Waals surface area contributed by atoms with Gasteiger partial charge in [0.25, 0.3) is 0 Å². The average molecular weight is 357 g/mol. The molecule has 2 aromatic rings. The van der Waals surface area contributed by atoms with Crippen molar-refractivity contribution in [1.82, 2.24) is 0 Å². The Labute approximate surface area is 149 Å². The van der Waals surface area contributed by atoms with E-state index >= 15 is 0 Å². The minimum absolute atomic E-state index is 0.123. The molecule has 0 unspecified atom stereocenters. The van der Waals surface area contributed by atoms with E-state index in [4.69, 9.17) is 5.73 Å². The largest absolute Gasteiger partial charge is 0.506 e. The average Bonchev–Trinajstić information content (AvgIpc) is 2.58. The molecule has 0 radical (unpaired) electrons. The number of aromatic hydroxyl groups is 3. The second kappa shape index (κ2) is 8.04. The fourth-order valence-electron chi connectivity index (χ4n) is 1.96. The molecule has 1 atom stereocenters. The molecule has 0 saturated carbocycles. The molecule has 8 nitrogen and oxygen atoms in total. The lowest BCUT2D eigenvalue weighted by atomic mass is 10.2. The summed E-state index contributed by atoms with van der Waals surface area (Å²) in [7, 11) is 0. The van der Waals surface area contributed by atoms with Crippen LogP contribution in [0.1, 0.15) is 12.5 Å². The van der Waals surface area contributed by atoms with Crippen LogP contribution in [0, 0.1) is 0 Å². The van der Waals surface area contributed by atoms with Gasteiger partial charge >= 0.3 is 0 Å². The second-order valence-corrected chi connectivity index (χ2v) is 5.58. The van der Waals surface area contributed by atoms with Gasteiger partial charge in [0.1, 0.15) is 5.75 Å². The minimum Gasteiger partial charge on any atom is -0.506 e. The van der Waals surface area contributed by atoms with Crippen molar-refractivity contribution in [2.75, 3.05) is 10.6 Å². The molecule has 2 aromatic carbocycles. The fraction of sp³-hybridized carbons (Fsp3) is 0.111. The molecule has 2 rings (SSSR count). The lowest BCUT2D eigenvalue weighted by Gasteiger charge is -2.11. The van der Waals surface area contributed by atoms with Gasteiger partial charge in [0, 0.05) is 11.8 Å². The highest BCUT2D eigenvalue weighted by atomic mass is 16.3. The molecular weight excluding hydrogens is 338 g/mol. The molecule has 0 saturated heterocycles. The van der Waals surface area contributed by atoms with Gasteiger partial charge in [-0.15, -0.1) is 0 Å². The fourth-order valence-corrected chi connectivity index (χ4v) is 1.96. The number of rotatable bonds is 5. The first kappa shape index (κ1) is 18.8. The molecule has 0 aliphatic heterocycles. The molecule has 0 heterocycles. The van der Waals surface area contributed by atoms with Crippen LogP contribution in [0.25, 0.3) is 6.08 Å². The Hall–Kier alpha value is -3.52. The predicted octanol–water partition coefficient (Wildman–Crippen LogP) is 1.74. The third kappa shape index (κ3) is 4.99. The summed E-state index contributed by atoms with van der Waals surface area (Å²) < 4.78 is 0. The van der Waals surface area contributed by atoms with Crippen LogP contribution in [0.3, 0.4) is 0 Å². The number of anilines is 2. The molecule has 0 fully saturated rings. The van der Waals surface area contributed by atoms with Crippen LogP contribution in [0.5, 0.6) is 17.2 Å². The molecule has 2 amide bonds. The van der Waals surface area contributed by atoms with Gasteiger partial charge in [0.15, 0.2) is 11.5 Å². The van der Waals surface area contributed by atoms with Crippen molar-refractivity contribution in [3.8, 4) is 17.2 Å². The molecule has 0 aromatic heterocycles. The number of amides is 2. The monoisotopic (exact) mass is 357 g/mol. The van der Waals surface area contributed by atoms with Crippen molar-refractivity contribution in [2.24, 2.45) is 5.73 Å². The number of nitrogens with one attached hydrogen (secondary N) is 2. The van der Waals surface area contributed by atoms with E-state index in [9.17, 15) is 24.9 Å². The lowest BCUT2D eigenvalue weighted by Crippen LogP contribution is -2.32. The van der Waals surface area contributed by atoms with Gasteiger partial charge in [-0.1, -0.05) is 6.07 Å². The molecule has 26 heavy (non-hydrogen) atoms. The Kier molecular flexibility index (Phi) is 5.82. The second-order valence-electron chi connectivity index (χ2n) is 5.58. The SMILES string of the molecule is C[C@H](N)C(=O)Nc1cc(NC(=O)C=Cc2ccc(O)c(O)c2)ccc1O. The van der Waals surface area contributed by atoms with Crippen LogP contribution in [-0.4, -0.2) is 33.2 Å². The number of phenolic OH excluding ortho intramolecular Hbond substituents is 3. The van der Waals surface area contributed by atoms with E-state index in [1.54, 1.807) is 0 Å². The smallest absolute Gasteiger partial charge is 0.248 e. The van der Waals surface area contributed by atoms with Crippen LogP contribution in [0.2, 0.25) is 0 Å². The molecule has 8 heteroatoms. The number of hydrogen-bond donors (Lipinski definition) is 6. The van der Waals surface area contributed by atoms with Crippen molar-refractivity contribution < 1.29 is 24.9 Å². The molecule has 136 valence electrons. The summed E-state index contributed by atoms with van der Waals surface area (Å²) >= 11 is 0. The maximum Gasteiger partial charge on any atom is 0.248 e. The van der Waals surface area contributed by atoms with E-state index in [0.29, 0.717) is 11.3 Å². The lowest BCUT2D eigenvalue weighted by molar-refractivity contribution is -0.117. The highest BCUT2D eigenvalue weighted by Gasteiger charge is 2.11. The van der Waals surface area contributed by atoms with Crippen LogP contribution in [-0.2, 0) is 9.59 Å². The predicted molar refractivity (Wildman–Crippen MR) is 97.8 cm³/mol. The highest BCUT2D eigenvalue weighted by Crippen LogP contribution is 2.27. The van der Waals surface area contributed by atoms with Gasteiger partial charge in [-0.3, -0.25) is 9.59 Å². The number of carbonyl (C=O) groups is 2. The summed E-state index contributed by atoms with van der Waals surface area (Å²) in [5.41, 5.74) is 6.46. The Morgan fingerprint density at radius 2 is 1.69 bits per heavy atom. The number of nitrogens with two attached hydrogens (primary N) is 1. The van der Waals surface area contributed by atoms with Gasteiger partial charge in [0.2, 0.25) is 11.8 Å². The van der Waals surface area contributed by atoms with Gasteiger partial charge in [-0.05, 0) is 48.9 Å². The Morgan fingerprint density at radius 1 is 1.00 bits per heavy atom. The summed E-state index contributed by atoms with van der Waals surface area (Å²) in [5.74, 6) is -1.65. The summed E-state index contributed by atoms with van der Waals surface area (Å²) in [6.07, 6.45) is 2.69. The topological polar surface area (TPSA) is 145 Å². The Bertz CT molecular complexity index is 862. The summed E-state index contributed by atoms with van der Waals surface area (Å²) in [4.78, 5) is 23.6. The van der Waals surface area contributed by atoms with Gasteiger partial charge in [-0.2, -0.15) is 0 Å². The summed E-state index contributed by atoms with van der Waals surface area (Å²) in [6.45, 7) is 1.50. The molecule has 0 spiro atoms. The number of benzene rings is 2. The number of carbonyl (C=O) groups excluding carboxylic acids is 2. The summed E-state index contributed by atoms with van der Waals surface area (Å²) in [6, 6.07) is 7.58. The number of hydrogen-bond acceptors (Lipinski definition) is 6. The maximum atomic E-state index is 12.0. The molecule has 7 N–H and O–H groups in total. The van der Waals surface area contributed by atoms with Gasteiger partial charge in [-0.25, -0.2) is 0 Å². The normalized spacial score (nSPS) is 11.9. The molecular formula is C18H19N3O5. The van der Waals surface area contributed by atoms with Crippen molar-refractivity contribution in [3.05, 3.63) is 48.0 Å². The van der Waals surface area contributed by atoms with Crippen LogP contribution in [0.15, 0.2) is 42.5 Å². The summed E-state index contributed by atoms with van der Waals surface area (Å²) in [5, 5.41) is 33.5. The van der Waals surface area contributed by atoms with E-state index in [2.05, 4.69) is 10.6 Å². The van der Waals surface area contributed by atoms with Crippen LogP contribution >= 0.6 is 0 Å². The van der Waals surface area contributed by atoms with Crippen LogP contribution in [0.4, 0.5) is 11.4 Å². The Morgan fingerprint density at radius 3 is 2.35 bits per heavy atom. The molecule has 0 aliphatic rings. The first-order chi connectivity index (χ1) is 12.3. The first-order valence-corrected chi connectivity index (χ1v) is 7.67. The quantitative estimate of drug-likeness (QED) is 0.273. The van der Waals surface area contributed by atoms with Crippen LogP contribution < -0.4 is 16.4 Å². The molecule has 0 bridgehead atoms. The zero-order chi connectivity index (χ0) is 19.3.